The number of benzene rings is 1. The normalized spacial score (nSPS) is 19.7. The fourth-order valence-electron chi connectivity index (χ4n) is 2.63. The van der Waals surface area contributed by atoms with E-state index in [1.807, 2.05) is 13.0 Å². The van der Waals surface area contributed by atoms with Crippen molar-refractivity contribution in [3.63, 3.8) is 0 Å². The first kappa shape index (κ1) is 11.7. The van der Waals surface area contributed by atoms with Gasteiger partial charge >= 0.3 is 0 Å². The van der Waals surface area contributed by atoms with Gasteiger partial charge in [0, 0.05) is 12.3 Å². The summed E-state index contributed by atoms with van der Waals surface area (Å²) >= 11 is 0. The minimum absolute atomic E-state index is 0.0453. The number of aromatic nitrogens is 1. The molecule has 0 saturated carbocycles. The van der Waals surface area contributed by atoms with E-state index in [9.17, 15) is 0 Å². The van der Waals surface area contributed by atoms with Crippen molar-refractivity contribution in [3.8, 4) is 0 Å². The molecule has 2 aromatic rings. The summed E-state index contributed by atoms with van der Waals surface area (Å²) in [5.41, 5.74) is 8.88. The molecule has 2 N–H and O–H groups in total. The van der Waals surface area contributed by atoms with Crippen molar-refractivity contribution in [2.24, 2.45) is 11.7 Å². The van der Waals surface area contributed by atoms with Gasteiger partial charge in [0.15, 0.2) is 11.5 Å². The summed E-state index contributed by atoms with van der Waals surface area (Å²) in [5.74, 6) is 1.10. The van der Waals surface area contributed by atoms with E-state index in [4.69, 9.17) is 14.9 Å². The lowest BCUT2D eigenvalue weighted by atomic mass is 9.69. The standard InChI is InChI=1S/C14H18N2O2/c1-9(6-15)14(7-17-8-14)11-3-4-12-13(5-11)18-10(2)16-12/h3-5,9H,6-8,15H2,1-2H3. The van der Waals surface area contributed by atoms with Gasteiger partial charge in [0.1, 0.15) is 5.52 Å². The second-order valence-corrected chi connectivity index (χ2v) is 5.20. The monoisotopic (exact) mass is 246 g/mol. The summed E-state index contributed by atoms with van der Waals surface area (Å²) in [6.07, 6.45) is 0. The SMILES string of the molecule is Cc1nc2ccc(C3(C(C)CN)COC3)cc2o1. The van der Waals surface area contributed by atoms with E-state index in [2.05, 4.69) is 24.0 Å². The van der Waals surface area contributed by atoms with Gasteiger partial charge in [-0.05, 0) is 30.2 Å². The summed E-state index contributed by atoms with van der Waals surface area (Å²) in [6.45, 7) is 6.19. The largest absolute Gasteiger partial charge is 0.441 e. The third-order valence-corrected chi connectivity index (χ3v) is 4.09. The Morgan fingerprint density at radius 1 is 1.44 bits per heavy atom. The predicted molar refractivity (Wildman–Crippen MR) is 69.5 cm³/mol. The first-order chi connectivity index (χ1) is 8.65. The first-order valence-corrected chi connectivity index (χ1v) is 6.31. The number of hydrogen-bond donors (Lipinski definition) is 1. The number of aryl methyl sites for hydroxylation is 1. The Balaban J connectivity index is 2.07. The lowest BCUT2D eigenvalue weighted by molar-refractivity contribution is -0.0853. The van der Waals surface area contributed by atoms with E-state index in [0.717, 1.165) is 24.3 Å². The molecule has 0 spiro atoms. The molecule has 2 heterocycles. The van der Waals surface area contributed by atoms with Crippen LogP contribution in [0.3, 0.4) is 0 Å². The molecule has 4 nitrogen and oxygen atoms in total. The van der Waals surface area contributed by atoms with Gasteiger partial charge in [0.2, 0.25) is 0 Å². The Morgan fingerprint density at radius 2 is 2.22 bits per heavy atom. The Bertz CT molecular complexity index is 572. The number of fused-ring (bicyclic) bond motifs is 1. The van der Waals surface area contributed by atoms with Crippen molar-refractivity contribution >= 4 is 11.1 Å². The minimum atomic E-state index is 0.0453. The number of hydrogen-bond acceptors (Lipinski definition) is 4. The summed E-state index contributed by atoms with van der Waals surface area (Å²) in [6, 6.07) is 6.23. The van der Waals surface area contributed by atoms with E-state index >= 15 is 0 Å². The molecule has 1 atom stereocenters. The van der Waals surface area contributed by atoms with Gasteiger partial charge in [-0.25, -0.2) is 4.98 Å². The zero-order valence-electron chi connectivity index (χ0n) is 10.8. The van der Waals surface area contributed by atoms with Crippen LogP contribution in [0.4, 0.5) is 0 Å². The van der Waals surface area contributed by atoms with Crippen LogP contribution in [0.1, 0.15) is 18.4 Å². The molecule has 1 aliphatic rings. The second-order valence-electron chi connectivity index (χ2n) is 5.20. The van der Waals surface area contributed by atoms with Crippen molar-refractivity contribution in [1.29, 1.82) is 0 Å². The molecule has 0 amide bonds. The molecule has 1 fully saturated rings. The number of rotatable bonds is 3. The zero-order valence-corrected chi connectivity index (χ0v) is 10.8. The smallest absolute Gasteiger partial charge is 0.192 e. The molecular weight excluding hydrogens is 228 g/mol. The predicted octanol–water partition coefficient (Wildman–Crippen LogP) is 2.00. The molecule has 1 aromatic carbocycles. The van der Waals surface area contributed by atoms with Crippen LogP contribution in [-0.4, -0.2) is 24.7 Å². The molecule has 0 radical (unpaired) electrons. The van der Waals surface area contributed by atoms with E-state index in [1.54, 1.807) is 0 Å². The van der Waals surface area contributed by atoms with Crippen molar-refractivity contribution in [3.05, 3.63) is 29.7 Å². The average Bonchev–Trinajstić information content (AvgIpc) is 2.66. The lowest BCUT2D eigenvalue weighted by Gasteiger charge is -2.46. The van der Waals surface area contributed by atoms with E-state index < -0.39 is 0 Å². The minimum Gasteiger partial charge on any atom is -0.441 e. The maximum absolute atomic E-state index is 5.83. The number of ether oxygens (including phenoxy) is 1. The molecule has 18 heavy (non-hydrogen) atoms. The molecule has 1 saturated heterocycles. The first-order valence-electron chi connectivity index (χ1n) is 6.31. The number of nitrogens with zero attached hydrogens (tertiary/aromatic N) is 1. The summed E-state index contributed by atoms with van der Waals surface area (Å²) in [5, 5.41) is 0. The van der Waals surface area contributed by atoms with Crippen molar-refractivity contribution < 1.29 is 9.15 Å². The fourth-order valence-corrected chi connectivity index (χ4v) is 2.63. The molecule has 1 aromatic heterocycles. The van der Waals surface area contributed by atoms with Gasteiger partial charge in [0.05, 0.1) is 13.2 Å². The van der Waals surface area contributed by atoms with Gasteiger partial charge in [-0.15, -0.1) is 0 Å². The third-order valence-electron chi connectivity index (χ3n) is 4.09. The highest BCUT2D eigenvalue weighted by atomic mass is 16.5. The quantitative estimate of drug-likeness (QED) is 0.899. The Hall–Kier alpha value is -1.39. The second kappa shape index (κ2) is 4.07. The maximum Gasteiger partial charge on any atom is 0.192 e. The molecule has 0 bridgehead atoms. The molecule has 4 heteroatoms. The molecule has 1 unspecified atom stereocenters. The van der Waals surface area contributed by atoms with Crippen molar-refractivity contribution in [2.45, 2.75) is 19.3 Å². The Labute approximate surface area is 106 Å². The highest BCUT2D eigenvalue weighted by Crippen LogP contribution is 2.40. The van der Waals surface area contributed by atoms with Gasteiger partial charge in [-0.2, -0.15) is 0 Å². The topological polar surface area (TPSA) is 61.3 Å². The van der Waals surface area contributed by atoms with Gasteiger partial charge in [-0.1, -0.05) is 13.0 Å². The van der Waals surface area contributed by atoms with Crippen molar-refractivity contribution in [1.82, 2.24) is 4.98 Å². The van der Waals surface area contributed by atoms with Gasteiger partial charge < -0.3 is 14.9 Å². The molecular formula is C14H18N2O2. The van der Waals surface area contributed by atoms with Crippen LogP contribution in [0, 0.1) is 12.8 Å². The lowest BCUT2D eigenvalue weighted by Crippen LogP contribution is -2.53. The summed E-state index contributed by atoms with van der Waals surface area (Å²) in [4.78, 5) is 4.32. The fraction of sp³-hybridized carbons (Fsp3) is 0.500. The Morgan fingerprint density at radius 3 is 2.83 bits per heavy atom. The summed E-state index contributed by atoms with van der Waals surface area (Å²) < 4.78 is 11.0. The zero-order chi connectivity index (χ0) is 12.8. The summed E-state index contributed by atoms with van der Waals surface area (Å²) in [7, 11) is 0. The van der Waals surface area contributed by atoms with Crippen LogP contribution in [0.5, 0.6) is 0 Å². The molecule has 0 aliphatic carbocycles. The van der Waals surface area contributed by atoms with Crippen LogP contribution in [0.2, 0.25) is 0 Å². The number of nitrogens with two attached hydrogens (primary N) is 1. The van der Waals surface area contributed by atoms with Crippen LogP contribution >= 0.6 is 0 Å². The van der Waals surface area contributed by atoms with Crippen LogP contribution in [-0.2, 0) is 10.2 Å². The third kappa shape index (κ3) is 1.56. The van der Waals surface area contributed by atoms with Crippen LogP contribution in [0.25, 0.3) is 11.1 Å². The van der Waals surface area contributed by atoms with Gasteiger partial charge in [0.25, 0.3) is 0 Å². The van der Waals surface area contributed by atoms with Crippen molar-refractivity contribution in [2.75, 3.05) is 19.8 Å². The van der Waals surface area contributed by atoms with E-state index in [1.165, 1.54) is 5.56 Å². The van der Waals surface area contributed by atoms with Crippen LogP contribution < -0.4 is 5.73 Å². The van der Waals surface area contributed by atoms with E-state index in [0.29, 0.717) is 18.4 Å². The highest BCUT2D eigenvalue weighted by molar-refractivity contribution is 5.73. The molecule has 1 aliphatic heterocycles. The van der Waals surface area contributed by atoms with Crippen LogP contribution in [0.15, 0.2) is 22.6 Å². The van der Waals surface area contributed by atoms with E-state index in [-0.39, 0.29) is 5.41 Å². The number of oxazole rings is 1. The molecule has 96 valence electrons. The Kier molecular flexibility index (Phi) is 2.64. The molecule has 3 rings (SSSR count). The average molecular weight is 246 g/mol. The highest BCUT2D eigenvalue weighted by Gasteiger charge is 2.44. The van der Waals surface area contributed by atoms with Gasteiger partial charge in [-0.3, -0.25) is 0 Å². The maximum atomic E-state index is 5.83.